The minimum Gasteiger partial charge on any atom is -0.464 e. The van der Waals surface area contributed by atoms with Crippen molar-refractivity contribution in [2.24, 2.45) is 10.8 Å². The van der Waals surface area contributed by atoms with E-state index in [0.29, 0.717) is 23.7 Å². The molecule has 2 aromatic rings. The molecule has 1 amide bonds. The summed E-state index contributed by atoms with van der Waals surface area (Å²) < 4.78 is 4.88. The molecule has 2 atom stereocenters. The monoisotopic (exact) mass is 383 g/mol. The van der Waals surface area contributed by atoms with Crippen LogP contribution in [0.4, 0.5) is 5.69 Å². The Morgan fingerprint density at radius 1 is 1.25 bits per heavy atom. The number of nitrogens with zero attached hydrogens (tertiary/aromatic N) is 1. The Balaban J connectivity index is 1.54. The maximum atomic E-state index is 12.9. The second-order valence-corrected chi connectivity index (χ2v) is 9.58. The Bertz CT molecular complexity index is 932. The number of rotatable bonds is 4. The van der Waals surface area contributed by atoms with Crippen molar-refractivity contribution in [3.05, 3.63) is 30.0 Å². The van der Waals surface area contributed by atoms with Crippen LogP contribution in [0.5, 0.6) is 0 Å². The SMILES string of the molecule is COC(=O)c1[nH]c2ccccc2c1NC(=O)CN1C[C@]2(C)C[C@H]1CC(C)(C)C2. The van der Waals surface area contributed by atoms with E-state index < -0.39 is 5.97 Å². The molecule has 2 aliphatic rings. The summed E-state index contributed by atoms with van der Waals surface area (Å²) in [5.41, 5.74) is 2.18. The van der Waals surface area contributed by atoms with Gasteiger partial charge >= 0.3 is 5.97 Å². The average molecular weight is 383 g/mol. The van der Waals surface area contributed by atoms with Gasteiger partial charge in [0.25, 0.3) is 0 Å². The number of nitrogens with one attached hydrogen (secondary N) is 2. The van der Waals surface area contributed by atoms with Gasteiger partial charge in [0.2, 0.25) is 5.91 Å². The molecule has 2 fully saturated rings. The highest BCUT2D eigenvalue weighted by Gasteiger charge is 2.49. The summed E-state index contributed by atoms with van der Waals surface area (Å²) in [4.78, 5) is 30.5. The van der Waals surface area contributed by atoms with E-state index in [1.54, 1.807) is 0 Å². The van der Waals surface area contributed by atoms with E-state index in [1.807, 2.05) is 24.3 Å². The molecule has 1 aromatic carbocycles. The number of para-hydroxylation sites is 1. The third-order valence-electron chi connectivity index (χ3n) is 6.23. The lowest BCUT2D eigenvalue weighted by Gasteiger charge is -2.39. The van der Waals surface area contributed by atoms with Crippen LogP contribution in [0, 0.1) is 10.8 Å². The predicted molar refractivity (Wildman–Crippen MR) is 109 cm³/mol. The van der Waals surface area contributed by atoms with Crippen molar-refractivity contribution in [3.63, 3.8) is 0 Å². The molecule has 1 saturated heterocycles. The van der Waals surface area contributed by atoms with Gasteiger partial charge in [-0.2, -0.15) is 0 Å². The molecule has 2 bridgehead atoms. The molecular formula is C22H29N3O3. The number of H-pyrrole nitrogens is 1. The maximum absolute atomic E-state index is 12.9. The highest BCUT2D eigenvalue weighted by molar-refractivity contribution is 6.11. The van der Waals surface area contributed by atoms with Crippen molar-refractivity contribution in [2.45, 2.75) is 46.1 Å². The Morgan fingerprint density at radius 2 is 2.00 bits per heavy atom. The Labute approximate surface area is 165 Å². The van der Waals surface area contributed by atoms with Gasteiger partial charge < -0.3 is 15.0 Å². The summed E-state index contributed by atoms with van der Waals surface area (Å²) in [6.07, 6.45) is 3.48. The predicted octanol–water partition coefficient (Wildman–Crippen LogP) is 3.79. The lowest BCUT2D eigenvalue weighted by molar-refractivity contribution is -0.117. The van der Waals surface area contributed by atoms with Crippen LogP contribution in [0.15, 0.2) is 24.3 Å². The summed E-state index contributed by atoms with van der Waals surface area (Å²) in [5.74, 6) is -0.582. The molecule has 0 spiro atoms. The van der Waals surface area contributed by atoms with Crippen molar-refractivity contribution in [1.82, 2.24) is 9.88 Å². The van der Waals surface area contributed by atoms with Gasteiger partial charge in [-0.1, -0.05) is 39.0 Å². The number of carbonyl (C=O) groups excluding carboxylic acids is 2. The Hall–Kier alpha value is -2.34. The number of esters is 1. The summed E-state index contributed by atoms with van der Waals surface area (Å²) >= 11 is 0. The van der Waals surface area contributed by atoms with E-state index >= 15 is 0 Å². The molecule has 150 valence electrons. The van der Waals surface area contributed by atoms with Gasteiger partial charge in [0.05, 0.1) is 19.3 Å². The lowest BCUT2D eigenvalue weighted by atomic mass is 9.65. The van der Waals surface area contributed by atoms with E-state index in [1.165, 1.54) is 13.5 Å². The second-order valence-electron chi connectivity index (χ2n) is 9.58. The molecule has 1 aromatic heterocycles. The second kappa shape index (κ2) is 6.62. The topological polar surface area (TPSA) is 74.4 Å². The molecule has 6 heteroatoms. The molecule has 2 N–H and O–H groups in total. The zero-order valence-corrected chi connectivity index (χ0v) is 17.1. The molecule has 0 unspecified atom stereocenters. The largest absolute Gasteiger partial charge is 0.464 e. The van der Waals surface area contributed by atoms with E-state index in [-0.39, 0.29) is 17.0 Å². The average Bonchev–Trinajstić information content (AvgIpc) is 3.08. The van der Waals surface area contributed by atoms with Gasteiger partial charge in [0.1, 0.15) is 5.69 Å². The lowest BCUT2D eigenvalue weighted by Crippen LogP contribution is -2.38. The molecule has 1 saturated carbocycles. The third-order valence-corrected chi connectivity index (χ3v) is 6.23. The normalized spacial score (nSPS) is 26.4. The summed E-state index contributed by atoms with van der Waals surface area (Å²) in [5, 5.41) is 3.79. The molecule has 1 aliphatic heterocycles. The zero-order chi connectivity index (χ0) is 20.1. The Kier molecular flexibility index (Phi) is 4.49. The number of likely N-dealkylation sites (tertiary alicyclic amines) is 1. The number of methoxy groups -OCH3 is 1. The van der Waals surface area contributed by atoms with Gasteiger partial charge in [-0.15, -0.1) is 0 Å². The number of fused-ring (bicyclic) bond motifs is 3. The summed E-state index contributed by atoms with van der Waals surface area (Å²) in [6, 6.07) is 7.99. The van der Waals surface area contributed by atoms with Crippen molar-refractivity contribution in [1.29, 1.82) is 0 Å². The number of hydrogen-bond donors (Lipinski definition) is 2. The number of anilines is 1. The first-order chi connectivity index (χ1) is 13.2. The van der Waals surface area contributed by atoms with Crippen LogP contribution in [0.1, 0.15) is 50.5 Å². The maximum Gasteiger partial charge on any atom is 0.356 e. The number of ether oxygens (including phenoxy) is 1. The number of aromatic amines is 1. The van der Waals surface area contributed by atoms with Crippen LogP contribution < -0.4 is 5.32 Å². The first-order valence-corrected chi connectivity index (χ1v) is 9.93. The Morgan fingerprint density at radius 3 is 2.75 bits per heavy atom. The van der Waals surface area contributed by atoms with Gasteiger partial charge in [0, 0.05) is 23.5 Å². The number of carbonyl (C=O) groups is 2. The first-order valence-electron chi connectivity index (χ1n) is 9.93. The number of benzene rings is 1. The number of amides is 1. The molecule has 2 heterocycles. The quantitative estimate of drug-likeness (QED) is 0.788. The van der Waals surface area contributed by atoms with Crippen LogP contribution in [0.2, 0.25) is 0 Å². The van der Waals surface area contributed by atoms with Crippen LogP contribution in [0.25, 0.3) is 10.9 Å². The molecule has 4 rings (SSSR count). The van der Waals surface area contributed by atoms with E-state index in [4.69, 9.17) is 4.74 Å². The molecule has 28 heavy (non-hydrogen) atoms. The molecular weight excluding hydrogens is 354 g/mol. The zero-order valence-electron chi connectivity index (χ0n) is 17.1. The van der Waals surface area contributed by atoms with Crippen LogP contribution in [0.3, 0.4) is 0 Å². The van der Waals surface area contributed by atoms with Crippen molar-refractivity contribution < 1.29 is 14.3 Å². The fraction of sp³-hybridized carbons (Fsp3) is 0.545. The smallest absolute Gasteiger partial charge is 0.356 e. The molecule has 6 nitrogen and oxygen atoms in total. The third kappa shape index (κ3) is 3.41. The van der Waals surface area contributed by atoms with Gasteiger partial charge in [-0.05, 0) is 36.2 Å². The van der Waals surface area contributed by atoms with E-state index in [2.05, 4.69) is 36.0 Å². The number of hydrogen-bond acceptors (Lipinski definition) is 4. The number of aromatic nitrogens is 1. The van der Waals surface area contributed by atoms with E-state index in [9.17, 15) is 9.59 Å². The van der Waals surface area contributed by atoms with Crippen LogP contribution >= 0.6 is 0 Å². The summed E-state index contributed by atoms with van der Waals surface area (Å²) in [7, 11) is 1.34. The van der Waals surface area contributed by atoms with Crippen LogP contribution in [-0.2, 0) is 9.53 Å². The molecule has 0 radical (unpaired) electrons. The minimum atomic E-state index is -0.488. The first kappa shape index (κ1) is 19.0. The van der Waals surface area contributed by atoms with E-state index in [0.717, 1.165) is 30.3 Å². The van der Waals surface area contributed by atoms with Crippen molar-refractivity contribution >= 4 is 28.5 Å². The fourth-order valence-electron chi connectivity index (χ4n) is 5.65. The van der Waals surface area contributed by atoms with Crippen LogP contribution in [-0.4, -0.2) is 48.0 Å². The highest BCUT2D eigenvalue weighted by atomic mass is 16.5. The van der Waals surface area contributed by atoms with Gasteiger partial charge in [0.15, 0.2) is 0 Å². The van der Waals surface area contributed by atoms with Crippen molar-refractivity contribution in [3.8, 4) is 0 Å². The summed E-state index contributed by atoms with van der Waals surface area (Å²) in [6.45, 7) is 8.29. The van der Waals surface area contributed by atoms with Gasteiger partial charge in [-0.3, -0.25) is 9.69 Å². The minimum absolute atomic E-state index is 0.0936. The standard InChI is InChI=1S/C22H29N3O3/c1-21(2)9-14-10-22(3,12-21)13-25(14)11-17(26)24-18-15-7-5-6-8-16(15)23-19(18)20(27)28-4/h5-8,14,23H,9-13H2,1-4H3,(H,24,26)/t14-,22-/m1/s1. The van der Waals surface area contributed by atoms with Gasteiger partial charge in [-0.25, -0.2) is 4.79 Å². The van der Waals surface area contributed by atoms with Crippen molar-refractivity contribution in [2.75, 3.05) is 25.5 Å². The highest BCUT2D eigenvalue weighted by Crippen LogP contribution is 2.52. The fourth-order valence-corrected chi connectivity index (χ4v) is 5.65. The molecule has 1 aliphatic carbocycles.